The Labute approximate surface area is 327 Å². The third-order valence-corrected chi connectivity index (χ3v) is 11.5. The molecule has 11 aromatic rings. The van der Waals surface area contributed by atoms with Crippen molar-refractivity contribution in [2.75, 3.05) is 0 Å². The van der Waals surface area contributed by atoms with E-state index in [2.05, 4.69) is 164 Å². The molecule has 2 aromatic heterocycles. The maximum Gasteiger partial charge on any atom is 0.161 e. The van der Waals surface area contributed by atoms with E-state index < -0.39 is 0 Å². The Morgan fingerprint density at radius 1 is 0.386 bits per heavy atom. The summed E-state index contributed by atoms with van der Waals surface area (Å²) in [5.41, 5.74) is 10.2. The second kappa shape index (κ2) is 12.5. The lowest BCUT2D eigenvalue weighted by Gasteiger charge is -2.13. The molecule has 0 bridgehead atoms. The number of nitrogens with zero attached hydrogens (tertiary/aromatic N) is 2. The Hall–Kier alpha value is -7.56. The van der Waals surface area contributed by atoms with Gasteiger partial charge in [0.1, 0.15) is 22.3 Å². The fraction of sp³-hybridized carbons (Fsp3) is 0.0189. The number of furan rings is 2. The molecule has 0 atom stereocenters. The third-order valence-electron chi connectivity index (χ3n) is 11.5. The molecule has 0 spiro atoms. The van der Waals surface area contributed by atoms with Crippen LogP contribution in [-0.2, 0) is 0 Å². The minimum atomic E-state index is 0.624. The van der Waals surface area contributed by atoms with Gasteiger partial charge in [-0.1, -0.05) is 133 Å². The Bertz CT molecular complexity index is 3550. The molecule has 1 aliphatic heterocycles. The van der Waals surface area contributed by atoms with Gasteiger partial charge in [-0.05, 0) is 97.5 Å². The molecule has 266 valence electrons. The lowest BCUT2D eigenvalue weighted by molar-refractivity contribution is 0.669. The van der Waals surface area contributed by atoms with Crippen molar-refractivity contribution in [2.24, 2.45) is 9.98 Å². The quantitative estimate of drug-likeness (QED) is 0.169. The summed E-state index contributed by atoms with van der Waals surface area (Å²) in [6.07, 6.45) is 2.84. The van der Waals surface area contributed by atoms with Gasteiger partial charge in [0.2, 0.25) is 0 Å². The summed E-state index contributed by atoms with van der Waals surface area (Å²) in [6, 6.07) is 61.9. The molecule has 3 heterocycles. The molecule has 9 aromatic carbocycles. The van der Waals surface area contributed by atoms with Gasteiger partial charge < -0.3 is 8.83 Å². The van der Waals surface area contributed by atoms with Crippen molar-refractivity contribution < 1.29 is 8.83 Å². The summed E-state index contributed by atoms with van der Waals surface area (Å²) in [4.78, 5) is 11.0. The van der Waals surface area contributed by atoms with E-state index >= 15 is 0 Å². The zero-order chi connectivity index (χ0) is 37.5. The van der Waals surface area contributed by atoms with E-state index in [9.17, 15) is 0 Å². The number of rotatable bonds is 4. The van der Waals surface area contributed by atoms with E-state index in [1.54, 1.807) is 0 Å². The maximum absolute atomic E-state index is 6.60. The normalized spacial score (nSPS) is 13.5. The zero-order valence-electron chi connectivity index (χ0n) is 30.7. The Kier molecular flexibility index (Phi) is 6.96. The van der Waals surface area contributed by atoms with E-state index in [0.29, 0.717) is 12.3 Å². The molecule has 0 saturated carbocycles. The number of benzene rings is 9. The predicted molar refractivity (Wildman–Crippen MR) is 238 cm³/mol. The summed E-state index contributed by atoms with van der Waals surface area (Å²) in [5, 5.41) is 11.4. The second-order valence-corrected chi connectivity index (χ2v) is 14.8. The van der Waals surface area contributed by atoms with Gasteiger partial charge in [0, 0.05) is 39.1 Å². The summed E-state index contributed by atoms with van der Waals surface area (Å²) >= 11 is 0. The molecule has 0 unspecified atom stereocenters. The zero-order valence-corrected chi connectivity index (χ0v) is 30.7. The summed E-state index contributed by atoms with van der Waals surface area (Å²) in [5.74, 6) is 0.638. The van der Waals surface area contributed by atoms with E-state index in [1.165, 1.54) is 26.9 Å². The largest absolute Gasteiger partial charge is 0.456 e. The lowest BCUT2D eigenvalue weighted by Crippen LogP contribution is -2.07. The van der Waals surface area contributed by atoms with Crippen LogP contribution in [0.15, 0.2) is 201 Å². The molecule has 4 heteroatoms. The van der Waals surface area contributed by atoms with Crippen LogP contribution in [0.25, 0.3) is 93.0 Å². The van der Waals surface area contributed by atoms with Gasteiger partial charge in [-0.15, -0.1) is 0 Å². The van der Waals surface area contributed by atoms with Crippen molar-refractivity contribution in [3.63, 3.8) is 0 Å². The Morgan fingerprint density at radius 2 is 1.07 bits per heavy atom. The minimum absolute atomic E-state index is 0.624. The molecule has 0 saturated heterocycles. The Balaban J connectivity index is 1.11. The molecule has 0 N–H and O–H groups in total. The number of para-hydroxylation sites is 1. The first-order valence-electron chi connectivity index (χ1n) is 19.4. The lowest BCUT2D eigenvalue weighted by atomic mass is 9.93. The van der Waals surface area contributed by atoms with Crippen LogP contribution in [0.5, 0.6) is 0 Å². The van der Waals surface area contributed by atoms with Crippen LogP contribution in [0, 0.1) is 0 Å². The van der Waals surface area contributed by atoms with E-state index in [0.717, 1.165) is 88.5 Å². The van der Waals surface area contributed by atoms with Gasteiger partial charge in [-0.2, -0.15) is 0 Å². The van der Waals surface area contributed by atoms with Crippen LogP contribution < -0.4 is 0 Å². The standard InChI is InChI=1S/C53H32N2O2/c1-2-11-33(12-3-1)45-25-26-46(38-21-22-40-36(28-38)19-18-32-10-6-7-15-39(32)40)55-53(54-45)52-41(24-27-48-51(52)43-16-8-9-17-47(43)56-48)37-20-23-42-44-29-34-13-4-5-14-35(34)30-50(44)57-49(42)31-37/h1-24,26-31H,25H2. The highest BCUT2D eigenvalue weighted by molar-refractivity contribution is 6.26. The SMILES string of the molecule is C1=C(c2ccc3c(ccc4ccccc43)c2)N=C(c2c(-c3ccc4c(c3)oc3cc5ccccc5cc34)ccc3oc4ccccc4c23)N=C(c2ccccc2)C1. The Morgan fingerprint density at radius 3 is 1.96 bits per heavy atom. The van der Waals surface area contributed by atoms with Crippen molar-refractivity contribution >= 4 is 93.4 Å². The van der Waals surface area contributed by atoms with Crippen LogP contribution in [-0.4, -0.2) is 11.5 Å². The van der Waals surface area contributed by atoms with Crippen LogP contribution in [0.3, 0.4) is 0 Å². The molecule has 0 fully saturated rings. The van der Waals surface area contributed by atoms with Crippen molar-refractivity contribution in [1.29, 1.82) is 0 Å². The van der Waals surface area contributed by atoms with E-state index in [1.807, 2.05) is 18.2 Å². The minimum Gasteiger partial charge on any atom is -0.456 e. The molecule has 12 rings (SSSR count). The van der Waals surface area contributed by atoms with Gasteiger partial charge in [-0.3, -0.25) is 0 Å². The van der Waals surface area contributed by atoms with E-state index in [4.69, 9.17) is 18.8 Å². The number of allylic oxidation sites excluding steroid dienone is 1. The summed E-state index contributed by atoms with van der Waals surface area (Å²) < 4.78 is 13.1. The molecule has 1 aliphatic rings. The van der Waals surface area contributed by atoms with Gasteiger partial charge in [0.15, 0.2) is 5.84 Å². The first kappa shape index (κ1) is 31.8. The van der Waals surface area contributed by atoms with Crippen LogP contribution in [0.1, 0.15) is 23.1 Å². The maximum atomic E-state index is 6.60. The number of hydrogen-bond acceptors (Lipinski definition) is 4. The third kappa shape index (κ3) is 5.15. The molecule has 0 radical (unpaired) electrons. The average molecular weight is 729 g/mol. The highest BCUT2D eigenvalue weighted by Crippen LogP contribution is 2.41. The average Bonchev–Trinajstić information content (AvgIpc) is 3.73. The number of hydrogen-bond donors (Lipinski definition) is 0. The first-order chi connectivity index (χ1) is 28.2. The second-order valence-electron chi connectivity index (χ2n) is 14.8. The smallest absolute Gasteiger partial charge is 0.161 e. The van der Waals surface area contributed by atoms with Crippen LogP contribution in [0.2, 0.25) is 0 Å². The van der Waals surface area contributed by atoms with Gasteiger partial charge in [0.25, 0.3) is 0 Å². The predicted octanol–water partition coefficient (Wildman–Crippen LogP) is 14.3. The van der Waals surface area contributed by atoms with E-state index in [-0.39, 0.29) is 0 Å². The van der Waals surface area contributed by atoms with Crippen LogP contribution >= 0.6 is 0 Å². The van der Waals surface area contributed by atoms with Gasteiger partial charge >= 0.3 is 0 Å². The monoisotopic (exact) mass is 728 g/mol. The van der Waals surface area contributed by atoms with Gasteiger partial charge in [-0.25, -0.2) is 9.98 Å². The molecule has 4 nitrogen and oxygen atoms in total. The molecule has 57 heavy (non-hydrogen) atoms. The van der Waals surface area contributed by atoms with Crippen molar-refractivity contribution in [1.82, 2.24) is 0 Å². The number of amidine groups is 1. The molecular formula is C53H32N2O2. The molecule has 0 amide bonds. The summed E-state index contributed by atoms with van der Waals surface area (Å²) in [7, 11) is 0. The summed E-state index contributed by atoms with van der Waals surface area (Å²) in [6.45, 7) is 0. The number of aliphatic imine (C=N–C) groups is 2. The highest BCUT2D eigenvalue weighted by Gasteiger charge is 2.24. The molecular weight excluding hydrogens is 697 g/mol. The topological polar surface area (TPSA) is 51.0 Å². The fourth-order valence-corrected chi connectivity index (χ4v) is 8.75. The van der Waals surface area contributed by atoms with Crippen molar-refractivity contribution in [3.05, 3.63) is 199 Å². The fourth-order valence-electron chi connectivity index (χ4n) is 8.75. The molecule has 0 aliphatic carbocycles. The highest BCUT2D eigenvalue weighted by atomic mass is 16.3. The first-order valence-corrected chi connectivity index (χ1v) is 19.4. The van der Waals surface area contributed by atoms with Crippen molar-refractivity contribution in [3.8, 4) is 11.1 Å². The van der Waals surface area contributed by atoms with Crippen molar-refractivity contribution in [2.45, 2.75) is 6.42 Å². The van der Waals surface area contributed by atoms with Crippen LogP contribution in [0.4, 0.5) is 0 Å². The van der Waals surface area contributed by atoms with Gasteiger partial charge in [0.05, 0.1) is 11.4 Å². The number of fused-ring (bicyclic) bond motifs is 10.